The fourth-order valence-corrected chi connectivity index (χ4v) is 1.92. The Hall–Kier alpha value is -1.42. The van der Waals surface area contributed by atoms with Crippen molar-refractivity contribution in [2.75, 3.05) is 5.32 Å². The van der Waals surface area contributed by atoms with E-state index in [1.54, 1.807) is 0 Å². The first-order valence-corrected chi connectivity index (χ1v) is 5.88. The van der Waals surface area contributed by atoms with E-state index >= 15 is 0 Å². The number of halogens is 3. The lowest BCUT2D eigenvalue weighted by Gasteiger charge is -2.07. The molecule has 17 heavy (non-hydrogen) atoms. The fraction of sp³-hybridized carbons (Fsp3) is 0.0769. The number of rotatable bonds is 3. The third-order valence-corrected chi connectivity index (χ3v) is 2.80. The summed E-state index contributed by atoms with van der Waals surface area (Å²) >= 11 is 3.36. The predicted molar refractivity (Wildman–Crippen MR) is 67.8 cm³/mol. The van der Waals surface area contributed by atoms with Gasteiger partial charge in [0.15, 0.2) is 0 Å². The summed E-state index contributed by atoms with van der Waals surface area (Å²) in [6.07, 6.45) is 0. The maximum atomic E-state index is 13.3. The zero-order chi connectivity index (χ0) is 12.3. The Morgan fingerprint density at radius 1 is 1.06 bits per heavy atom. The average molecular weight is 298 g/mol. The molecule has 0 fully saturated rings. The van der Waals surface area contributed by atoms with Crippen LogP contribution in [0.5, 0.6) is 0 Å². The molecular weight excluding hydrogens is 288 g/mol. The normalized spacial score (nSPS) is 10.3. The number of hydrogen-bond acceptors (Lipinski definition) is 1. The standard InChI is InChI=1S/C13H10BrF2N/c14-10-3-1-2-9(6-10)8-17-13-5-4-11(15)7-12(13)16/h1-7,17H,8H2. The minimum atomic E-state index is -0.583. The molecule has 1 N–H and O–H groups in total. The van der Waals surface area contributed by atoms with Crippen molar-refractivity contribution in [3.63, 3.8) is 0 Å². The third kappa shape index (κ3) is 3.27. The van der Waals surface area contributed by atoms with Crippen molar-refractivity contribution in [3.8, 4) is 0 Å². The minimum absolute atomic E-state index is 0.298. The largest absolute Gasteiger partial charge is 0.379 e. The molecule has 0 aromatic heterocycles. The summed E-state index contributed by atoms with van der Waals surface area (Å²) in [6, 6.07) is 11.2. The first-order valence-electron chi connectivity index (χ1n) is 5.08. The Labute approximate surface area is 107 Å². The topological polar surface area (TPSA) is 12.0 Å². The van der Waals surface area contributed by atoms with Gasteiger partial charge in [0.25, 0.3) is 0 Å². The summed E-state index contributed by atoms with van der Waals surface area (Å²) in [4.78, 5) is 0. The molecule has 0 radical (unpaired) electrons. The molecule has 2 aromatic carbocycles. The molecule has 1 nitrogen and oxygen atoms in total. The Morgan fingerprint density at radius 2 is 1.88 bits per heavy atom. The van der Waals surface area contributed by atoms with Gasteiger partial charge in [-0.05, 0) is 29.8 Å². The molecule has 0 aliphatic heterocycles. The summed E-state index contributed by atoms with van der Waals surface area (Å²) in [5.74, 6) is -1.16. The van der Waals surface area contributed by atoms with Crippen molar-refractivity contribution in [2.24, 2.45) is 0 Å². The van der Waals surface area contributed by atoms with Crippen molar-refractivity contribution < 1.29 is 8.78 Å². The molecule has 0 aliphatic carbocycles. The highest BCUT2D eigenvalue weighted by Crippen LogP contribution is 2.17. The van der Waals surface area contributed by atoms with Gasteiger partial charge in [-0.15, -0.1) is 0 Å². The van der Waals surface area contributed by atoms with E-state index in [-0.39, 0.29) is 0 Å². The van der Waals surface area contributed by atoms with Crippen LogP contribution in [0.25, 0.3) is 0 Å². The zero-order valence-electron chi connectivity index (χ0n) is 8.88. The van der Waals surface area contributed by atoms with Crippen LogP contribution in [0.15, 0.2) is 46.9 Å². The molecule has 0 bridgehead atoms. The van der Waals surface area contributed by atoms with Crippen molar-refractivity contribution >= 4 is 21.6 Å². The van der Waals surface area contributed by atoms with E-state index < -0.39 is 11.6 Å². The highest BCUT2D eigenvalue weighted by molar-refractivity contribution is 9.10. The molecule has 2 aromatic rings. The van der Waals surface area contributed by atoms with Crippen LogP contribution in [-0.4, -0.2) is 0 Å². The highest BCUT2D eigenvalue weighted by Gasteiger charge is 2.03. The van der Waals surface area contributed by atoms with Crippen molar-refractivity contribution in [1.29, 1.82) is 0 Å². The van der Waals surface area contributed by atoms with Crippen LogP contribution in [-0.2, 0) is 6.54 Å². The summed E-state index contributed by atoms with van der Waals surface area (Å²) in [5, 5.41) is 2.92. The number of benzene rings is 2. The first-order chi connectivity index (χ1) is 8.15. The molecule has 0 heterocycles. The lowest BCUT2D eigenvalue weighted by atomic mass is 10.2. The van der Waals surface area contributed by atoms with Crippen LogP contribution < -0.4 is 5.32 Å². The Kier molecular flexibility index (Phi) is 3.74. The lowest BCUT2D eigenvalue weighted by Crippen LogP contribution is -2.01. The Bertz CT molecular complexity index is 529. The number of nitrogens with one attached hydrogen (secondary N) is 1. The molecule has 88 valence electrons. The zero-order valence-corrected chi connectivity index (χ0v) is 10.5. The van der Waals surface area contributed by atoms with Gasteiger partial charge in [0, 0.05) is 17.1 Å². The van der Waals surface area contributed by atoms with E-state index in [1.165, 1.54) is 12.1 Å². The lowest BCUT2D eigenvalue weighted by molar-refractivity contribution is 0.585. The fourth-order valence-electron chi connectivity index (χ4n) is 1.48. The monoisotopic (exact) mass is 297 g/mol. The van der Waals surface area contributed by atoms with Crippen LogP contribution in [0.1, 0.15) is 5.56 Å². The van der Waals surface area contributed by atoms with Gasteiger partial charge in [-0.25, -0.2) is 8.78 Å². The van der Waals surface area contributed by atoms with Crippen LogP contribution in [0, 0.1) is 11.6 Å². The summed E-state index contributed by atoms with van der Waals surface area (Å²) < 4.78 is 27.0. The summed E-state index contributed by atoms with van der Waals surface area (Å²) in [7, 11) is 0. The van der Waals surface area contributed by atoms with Gasteiger partial charge in [0.05, 0.1) is 5.69 Å². The molecule has 0 saturated carbocycles. The number of hydrogen-bond donors (Lipinski definition) is 1. The minimum Gasteiger partial charge on any atom is -0.379 e. The van der Waals surface area contributed by atoms with E-state index in [9.17, 15) is 8.78 Å². The second-order valence-electron chi connectivity index (χ2n) is 3.61. The van der Waals surface area contributed by atoms with Gasteiger partial charge < -0.3 is 5.32 Å². The van der Waals surface area contributed by atoms with Crippen LogP contribution in [0.3, 0.4) is 0 Å². The Balaban J connectivity index is 2.07. The highest BCUT2D eigenvalue weighted by atomic mass is 79.9. The number of anilines is 1. The SMILES string of the molecule is Fc1ccc(NCc2cccc(Br)c2)c(F)c1. The van der Waals surface area contributed by atoms with Gasteiger partial charge >= 0.3 is 0 Å². The smallest absolute Gasteiger partial charge is 0.149 e. The van der Waals surface area contributed by atoms with Crippen LogP contribution >= 0.6 is 15.9 Å². The molecule has 4 heteroatoms. The van der Waals surface area contributed by atoms with Gasteiger partial charge in [0.1, 0.15) is 11.6 Å². The predicted octanol–water partition coefficient (Wildman–Crippen LogP) is 4.34. The quantitative estimate of drug-likeness (QED) is 0.889. The molecule has 0 amide bonds. The Morgan fingerprint density at radius 3 is 2.59 bits per heavy atom. The molecule has 0 aliphatic rings. The molecule has 0 spiro atoms. The second kappa shape index (κ2) is 5.27. The second-order valence-corrected chi connectivity index (χ2v) is 4.52. The maximum absolute atomic E-state index is 13.3. The summed E-state index contributed by atoms with van der Waals surface area (Å²) in [6.45, 7) is 0.488. The van der Waals surface area contributed by atoms with E-state index in [2.05, 4.69) is 21.2 Å². The van der Waals surface area contributed by atoms with Gasteiger partial charge in [0.2, 0.25) is 0 Å². The van der Waals surface area contributed by atoms with Crippen molar-refractivity contribution in [2.45, 2.75) is 6.54 Å². The molecule has 0 saturated heterocycles. The molecule has 0 unspecified atom stereocenters. The average Bonchev–Trinajstić information content (AvgIpc) is 2.28. The van der Waals surface area contributed by atoms with E-state index in [1.807, 2.05) is 24.3 Å². The van der Waals surface area contributed by atoms with Gasteiger partial charge in [-0.2, -0.15) is 0 Å². The van der Waals surface area contributed by atoms with Crippen LogP contribution in [0.2, 0.25) is 0 Å². The van der Waals surface area contributed by atoms with Gasteiger partial charge in [-0.1, -0.05) is 28.1 Å². The third-order valence-electron chi connectivity index (χ3n) is 2.30. The molecular formula is C13H10BrF2N. The van der Waals surface area contributed by atoms with Gasteiger partial charge in [-0.3, -0.25) is 0 Å². The first kappa shape index (κ1) is 12.0. The van der Waals surface area contributed by atoms with Crippen molar-refractivity contribution in [3.05, 3.63) is 64.1 Å². The van der Waals surface area contributed by atoms with E-state index in [4.69, 9.17) is 0 Å². The maximum Gasteiger partial charge on any atom is 0.149 e. The van der Waals surface area contributed by atoms with E-state index in [0.29, 0.717) is 12.2 Å². The molecule has 2 rings (SSSR count). The van der Waals surface area contributed by atoms with E-state index in [0.717, 1.165) is 16.1 Å². The van der Waals surface area contributed by atoms with Crippen molar-refractivity contribution in [1.82, 2.24) is 0 Å². The summed E-state index contributed by atoms with van der Waals surface area (Å²) in [5.41, 5.74) is 1.31. The molecule has 0 atom stereocenters. The van der Waals surface area contributed by atoms with Crippen LogP contribution in [0.4, 0.5) is 14.5 Å².